The topological polar surface area (TPSA) is 53.4 Å². The number of aliphatic hydroxyl groups excluding tert-OH is 1. The van der Waals surface area contributed by atoms with Crippen LogP contribution < -0.4 is 4.90 Å². The quantitative estimate of drug-likeness (QED) is 0.863. The van der Waals surface area contributed by atoms with Crippen LogP contribution in [0.2, 0.25) is 5.15 Å². The van der Waals surface area contributed by atoms with Gasteiger partial charge in [-0.25, -0.2) is 4.98 Å². The molecule has 1 aromatic heterocycles. The predicted molar refractivity (Wildman–Crippen MR) is 63.1 cm³/mol. The molecule has 0 unspecified atom stereocenters. The zero-order valence-corrected chi connectivity index (χ0v) is 10.4. The first-order valence-corrected chi connectivity index (χ1v) is 7.25. The van der Waals surface area contributed by atoms with Crippen molar-refractivity contribution in [3.63, 3.8) is 0 Å². The highest BCUT2D eigenvalue weighted by molar-refractivity contribution is 7.85. The minimum atomic E-state index is -0.682. The molecule has 15 heavy (non-hydrogen) atoms. The van der Waals surface area contributed by atoms with Gasteiger partial charge in [0.1, 0.15) is 5.15 Å². The van der Waals surface area contributed by atoms with Crippen LogP contribution in [0, 0.1) is 0 Å². The number of anilines is 1. The van der Waals surface area contributed by atoms with E-state index in [1.54, 1.807) is 0 Å². The van der Waals surface area contributed by atoms with Crippen molar-refractivity contribution in [3.05, 3.63) is 10.0 Å². The third-order valence-electron chi connectivity index (χ3n) is 2.23. The van der Waals surface area contributed by atoms with E-state index in [-0.39, 0.29) is 6.61 Å². The highest BCUT2D eigenvalue weighted by Crippen LogP contribution is 2.30. The molecule has 0 aromatic carbocycles. The van der Waals surface area contributed by atoms with Gasteiger partial charge in [-0.3, -0.25) is 4.21 Å². The lowest BCUT2D eigenvalue weighted by Gasteiger charge is -2.25. The Morgan fingerprint density at radius 3 is 2.73 bits per heavy atom. The van der Waals surface area contributed by atoms with Crippen LogP contribution in [-0.2, 0) is 17.4 Å². The molecule has 84 valence electrons. The largest absolute Gasteiger partial charge is 0.391 e. The Morgan fingerprint density at radius 1 is 1.53 bits per heavy atom. The number of hydrogen-bond acceptors (Lipinski definition) is 5. The van der Waals surface area contributed by atoms with Gasteiger partial charge in [0.15, 0.2) is 5.13 Å². The summed E-state index contributed by atoms with van der Waals surface area (Å²) in [5, 5.41) is 10.2. The maximum atomic E-state index is 11.2. The van der Waals surface area contributed by atoms with Crippen LogP contribution in [0.5, 0.6) is 0 Å². The van der Waals surface area contributed by atoms with Crippen LogP contribution in [0.1, 0.15) is 4.88 Å². The minimum absolute atomic E-state index is 0.0731. The molecular formula is C8H11ClN2O2S2. The summed E-state index contributed by atoms with van der Waals surface area (Å²) in [6.07, 6.45) is 0. The Morgan fingerprint density at radius 2 is 2.20 bits per heavy atom. The van der Waals surface area contributed by atoms with Crippen LogP contribution in [0.3, 0.4) is 0 Å². The number of nitrogens with zero attached hydrogens (tertiary/aromatic N) is 2. The molecule has 1 N–H and O–H groups in total. The lowest BCUT2D eigenvalue weighted by Crippen LogP contribution is -2.37. The third-order valence-corrected chi connectivity index (χ3v) is 5.03. The van der Waals surface area contributed by atoms with Crippen molar-refractivity contribution >= 4 is 38.9 Å². The van der Waals surface area contributed by atoms with Gasteiger partial charge in [-0.05, 0) is 0 Å². The van der Waals surface area contributed by atoms with E-state index >= 15 is 0 Å². The minimum Gasteiger partial charge on any atom is -0.391 e. The van der Waals surface area contributed by atoms with Gasteiger partial charge in [0.25, 0.3) is 0 Å². The number of thiazole rings is 1. The Kier molecular flexibility index (Phi) is 3.60. The molecule has 2 rings (SSSR count). The molecular weight excluding hydrogens is 256 g/mol. The van der Waals surface area contributed by atoms with Gasteiger partial charge in [0.2, 0.25) is 0 Å². The van der Waals surface area contributed by atoms with Crippen LogP contribution >= 0.6 is 22.9 Å². The summed E-state index contributed by atoms with van der Waals surface area (Å²) in [6.45, 7) is 1.43. The first-order valence-electron chi connectivity index (χ1n) is 4.56. The zero-order chi connectivity index (χ0) is 10.8. The van der Waals surface area contributed by atoms with Gasteiger partial charge >= 0.3 is 0 Å². The number of halogens is 1. The fourth-order valence-electron chi connectivity index (χ4n) is 1.38. The summed E-state index contributed by atoms with van der Waals surface area (Å²) in [7, 11) is -0.682. The van der Waals surface area contributed by atoms with Crippen molar-refractivity contribution in [2.24, 2.45) is 0 Å². The van der Waals surface area contributed by atoms with Gasteiger partial charge < -0.3 is 10.0 Å². The van der Waals surface area contributed by atoms with Crippen molar-refractivity contribution in [1.29, 1.82) is 0 Å². The van der Waals surface area contributed by atoms with E-state index in [1.807, 2.05) is 0 Å². The summed E-state index contributed by atoms with van der Waals surface area (Å²) >= 11 is 7.25. The summed E-state index contributed by atoms with van der Waals surface area (Å²) in [6, 6.07) is 0. The second-order valence-electron chi connectivity index (χ2n) is 3.20. The van der Waals surface area contributed by atoms with E-state index in [1.165, 1.54) is 11.3 Å². The molecule has 1 saturated heterocycles. The number of hydrogen-bond donors (Lipinski definition) is 1. The predicted octanol–water partition coefficient (Wildman–Crippen LogP) is 0.858. The Balaban J connectivity index is 2.12. The molecule has 0 saturated carbocycles. The van der Waals surface area contributed by atoms with Gasteiger partial charge in [-0.15, -0.1) is 0 Å². The molecule has 0 spiro atoms. The van der Waals surface area contributed by atoms with E-state index in [9.17, 15) is 4.21 Å². The maximum absolute atomic E-state index is 11.2. The average Bonchev–Trinajstić information content (AvgIpc) is 2.61. The van der Waals surface area contributed by atoms with Crippen LogP contribution in [0.15, 0.2) is 0 Å². The molecule has 0 radical (unpaired) electrons. The molecule has 1 aliphatic rings. The van der Waals surface area contributed by atoms with Crippen molar-refractivity contribution < 1.29 is 9.32 Å². The van der Waals surface area contributed by atoms with Gasteiger partial charge in [0.05, 0.1) is 11.5 Å². The SMILES string of the molecule is O=S1CCN(c2nc(Cl)c(CO)s2)CC1. The molecule has 7 heteroatoms. The second kappa shape index (κ2) is 4.78. The maximum Gasteiger partial charge on any atom is 0.187 e. The number of rotatable bonds is 2. The van der Waals surface area contributed by atoms with Crippen molar-refractivity contribution in [3.8, 4) is 0 Å². The smallest absolute Gasteiger partial charge is 0.187 e. The molecule has 1 aliphatic heterocycles. The fraction of sp³-hybridized carbons (Fsp3) is 0.625. The zero-order valence-electron chi connectivity index (χ0n) is 7.98. The first kappa shape index (κ1) is 11.3. The van der Waals surface area contributed by atoms with Crippen LogP contribution in [-0.4, -0.2) is 38.9 Å². The highest BCUT2D eigenvalue weighted by atomic mass is 35.5. The van der Waals surface area contributed by atoms with Gasteiger partial charge in [-0.1, -0.05) is 22.9 Å². The van der Waals surface area contributed by atoms with Crippen LogP contribution in [0.4, 0.5) is 5.13 Å². The summed E-state index contributed by atoms with van der Waals surface area (Å²) in [5.74, 6) is 1.37. The lowest BCUT2D eigenvalue weighted by atomic mass is 10.5. The Labute approximate surface area is 99.3 Å². The molecule has 1 aromatic rings. The monoisotopic (exact) mass is 266 g/mol. The summed E-state index contributed by atoms with van der Waals surface area (Å²) in [4.78, 5) is 6.94. The number of aromatic nitrogens is 1. The fourth-order valence-corrected chi connectivity index (χ4v) is 3.60. The first-order chi connectivity index (χ1) is 7.20. The normalized spacial score (nSPS) is 18.4. The van der Waals surface area contributed by atoms with E-state index in [0.717, 1.165) is 18.2 Å². The number of aliphatic hydroxyl groups is 1. The van der Waals surface area contributed by atoms with E-state index in [4.69, 9.17) is 16.7 Å². The van der Waals surface area contributed by atoms with E-state index < -0.39 is 10.8 Å². The molecule has 0 amide bonds. The summed E-state index contributed by atoms with van der Waals surface area (Å²) in [5.41, 5.74) is 0. The van der Waals surface area contributed by atoms with Crippen molar-refractivity contribution in [1.82, 2.24) is 4.98 Å². The summed E-state index contributed by atoms with van der Waals surface area (Å²) < 4.78 is 11.2. The third kappa shape index (κ3) is 2.50. The van der Waals surface area contributed by atoms with E-state index in [0.29, 0.717) is 21.5 Å². The molecule has 4 nitrogen and oxygen atoms in total. The van der Waals surface area contributed by atoms with Crippen LogP contribution in [0.25, 0.3) is 0 Å². The Hall–Kier alpha value is -0.170. The molecule has 1 fully saturated rings. The Bertz CT molecular complexity index is 373. The molecule has 0 aliphatic carbocycles. The van der Waals surface area contributed by atoms with Gasteiger partial charge in [0, 0.05) is 35.4 Å². The van der Waals surface area contributed by atoms with Crippen molar-refractivity contribution in [2.45, 2.75) is 6.61 Å². The molecule has 0 atom stereocenters. The van der Waals surface area contributed by atoms with E-state index in [2.05, 4.69) is 9.88 Å². The molecule has 2 heterocycles. The lowest BCUT2D eigenvalue weighted by molar-refractivity contribution is 0.285. The molecule has 0 bridgehead atoms. The highest BCUT2D eigenvalue weighted by Gasteiger charge is 2.19. The second-order valence-corrected chi connectivity index (χ2v) is 6.32. The standard InChI is InChI=1S/C8H11ClN2O2S2/c9-7-6(5-12)14-8(10-7)11-1-3-15(13)4-2-11/h12H,1-5H2. The average molecular weight is 267 g/mol. The van der Waals surface area contributed by atoms with Crippen molar-refractivity contribution in [2.75, 3.05) is 29.5 Å². The van der Waals surface area contributed by atoms with Gasteiger partial charge in [-0.2, -0.15) is 0 Å².